The molecule has 0 spiro atoms. The predicted molar refractivity (Wildman–Crippen MR) is 148 cm³/mol. The molecular weight excluding hydrogens is 514 g/mol. The van der Waals surface area contributed by atoms with Crippen molar-refractivity contribution in [2.45, 2.75) is 25.8 Å². The zero-order valence-corrected chi connectivity index (χ0v) is 22.3. The second-order valence-corrected chi connectivity index (χ2v) is 9.65. The van der Waals surface area contributed by atoms with E-state index in [4.69, 9.17) is 9.47 Å². The summed E-state index contributed by atoms with van der Waals surface area (Å²) in [5.74, 6) is -2.03. The molecule has 5 rings (SSSR count). The van der Waals surface area contributed by atoms with Crippen LogP contribution in [0, 0.1) is 0 Å². The van der Waals surface area contributed by atoms with Crippen LogP contribution in [0.2, 0.25) is 0 Å². The van der Waals surface area contributed by atoms with Crippen LogP contribution in [0.4, 0.5) is 5.95 Å². The number of carboxylic acid groups (broad SMARTS) is 1. The van der Waals surface area contributed by atoms with Gasteiger partial charge >= 0.3 is 11.9 Å². The number of carbonyl (C=O) groups is 3. The third-order valence-corrected chi connectivity index (χ3v) is 6.92. The summed E-state index contributed by atoms with van der Waals surface area (Å²) < 4.78 is 10.8. The number of H-pyrrole nitrogens is 1. The Bertz CT molecular complexity index is 1700. The fraction of sp³-hybridized carbons (Fsp3) is 0.200. The van der Waals surface area contributed by atoms with Gasteiger partial charge in [0.05, 0.1) is 42.4 Å². The minimum Gasteiger partial charge on any atom is -0.507 e. The Morgan fingerprint density at radius 1 is 0.975 bits per heavy atom. The fourth-order valence-corrected chi connectivity index (χ4v) is 4.91. The maximum absolute atomic E-state index is 13.6. The molecule has 204 valence electrons. The number of fused-ring (bicyclic) bond motifs is 1. The topological polar surface area (TPSA) is 142 Å². The second-order valence-electron chi connectivity index (χ2n) is 9.65. The summed E-state index contributed by atoms with van der Waals surface area (Å²) in [6.07, 6.45) is 0. The van der Waals surface area contributed by atoms with E-state index in [9.17, 15) is 24.6 Å². The van der Waals surface area contributed by atoms with Crippen molar-refractivity contribution in [3.63, 3.8) is 0 Å². The largest absolute Gasteiger partial charge is 0.507 e. The molecule has 1 saturated heterocycles. The number of hydrogen-bond donors (Lipinski definition) is 3. The first-order valence-electron chi connectivity index (χ1n) is 12.5. The Hall–Kier alpha value is -5.12. The zero-order valence-electron chi connectivity index (χ0n) is 22.3. The lowest BCUT2D eigenvalue weighted by Crippen LogP contribution is -2.30. The summed E-state index contributed by atoms with van der Waals surface area (Å²) in [5.41, 5.74) is 2.38. The fourth-order valence-electron chi connectivity index (χ4n) is 4.91. The molecular formula is C30H27N3O7. The van der Waals surface area contributed by atoms with E-state index in [1.165, 1.54) is 30.2 Å². The number of carbonyl (C=O) groups excluding carboxylic acids is 2. The monoisotopic (exact) mass is 541 g/mol. The number of aromatic amines is 1. The number of amides is 1. The van der Waals surface area contributed by atoms with Gasteiger partial charge in [-0.2, -0.15) is 0 Å². The summed E-state index contributed by atoms with van der Waals surface area (Å²) in [6, 6.07) is 15.2. The van der Waals surface area contributed by atoms with Gasteiger partial charge in [0.25, 0.3) is 5.78 Å². The number of nitrogens with one attached hydrogen (secondary N) is 1. The van der Waals surface area contributed by atoms with Gasteiger partial charge in [0.15, 0.2) is 0 Å². The molecule has 0 saturated carbocycles. The second kappa shape index (κ2) is 10.2. The number of ether oxygens (including phenoxy) is 2. The van der Waals surface area contributed by atoms with Crippen LogP contribution >= 0.6 is 0 Å². The first-order chi connectivity index (χ1) is 19.1. The van der Waals surface area contributed by atoms with Crippen LogP contribution in [-0.4, -0.2) is 52.1 Å². The molecule has 2 heterocycles. The van der Waals surface area contributed by atoms with Gasteiger partial charge in [0.2, 0.25) is 5.95 Å². The normalized spacial score (nSPS) is 16.6. The van der Waals surface area contributed by atoms with E-state index in [0.717, 1.165) is 5.56 Å². The first-order valence-corrected chi connectivity index (χ1v) is 12.5. The van der Waals surface area contributed by atoms with E-state index in [1.807, 2.05) is 13.8 Å². The standard InChI is InChI=1S/C30H27N3O7/c1-15(2)20-13-17(9-11-23(20)40-4)26(34)24-25(16-6-5-7-19(12-16)39-3)33(28(36)27(24)35)30-31-21-10-8-18(29(37)38)14-22(21)32-30/h5-15,25,34H,1-4H3,(H,31,32)(H,37,38)/b26-24+. The highest BCUT2D eigenvalue weighted by molar-refractivity contribution is 6.51. The lowest BCUT2D eigenvalue weighted by atomic mass is 9.93. The smallest absolute Gasteiger partial charge is 0.335 e. The maximum atomic E-state index is 13.6. The summed E-state index contributed by atoms with van der Waals surface area (Å²) in [6.45, 7) is 3.96. The molecule has 10 nitrogen and oxygen atoms in total. The Balaban J connectivity index is 1.73. The van der Waals surface area contributed by atoms with Crippen LogP contribution in [0.5, 0.6) is 11.5 Å². The van der Waals surface area contributed by atoms with Crippen molar-refractivity contribution in [3.8, 4) is 11.5 Å². The lowest BCUT2D eigenvalue weighted by Gasteiger charge is -2.23. The predicted octanol–water partition coefficient (Wildman–Crippen LogP) is 5.03. The van der Waals surface area contributed by atoms with Crippen molar-refractivity contribution in [1.82, 2.24) is 9.97 Å². The maximum Gasteiger partial charge on any atom is 0.335 e. The quantitative estimate of drug-likeness (QED) is 0.168. The summed E-state index contributed by atoms with van der Waals surface area (Å²) in [5, 5.41) is 20.9. The van der Waals surface area contributed by atoms with Crippen molar-refractivity contribution in [1.29, 1.82) is 0 Å². The minimum absolute atomic E-state index is 0.0316. The van der Waals surface area contributed by atoms with E-state index in [-0.39, 0.29) is 28.8 Å². The Morgan fingerprint density at radius 3 is 2.40 bits per heavy atom. The number of methoxy groups -OCH3 is 2. The number of hydrogen-bond acceptors (Lipinski definition) is 7. The highest BCUT2D eigenvalue weighted by Gasteiger charge is 2.48. The van der Waals surface area contributed by atoms with E-state index in [2.05, 4.69) is 9.97 Å². The molecule has 1 aliphatic rings. The van der Waals surface area contributed by atoms with Crippen LogP contribution in [0.25, 0.3) is 16.8 Å². The molecule has 1 aromatic heterocycles. The molecule has 1 atom stereocenters. The average molecular weight is 542 g/mol. The van der Waals surface area contributed by atoms with Crippen molar-refractivity contribution in [3.05, 3.63) is 88.5 Å². The zero-order chi connectivity index (χ0) is 28.7. The van der Waals surface area contributed by atoms with Gasteiger partial charge < -0.3 is 24.7 Å². The molecule has 1 fully saturated rings. The molecule has 0 aliphatic carbocycles. The summed E-state index contributed by atoms with van der Waals surface area (Å²) >= 11 is 0. The van der Waals surface area contributed by atoms with Gasteiger partial charge in [0, 0.05) is 5.56 Å². The minimum atomic E-state index is -1.12. The highest BCUT2D eigenvalue weighted by atomic mass is 16.5. The van der Waals surface area contributed by atoms with Crippen molar-refractivity contribution < 1.29 is 34.1 Å². The lowest BCUT2D eigenvalue weighted by molar-refractivity contribution is -0.132. The Labute approximate surface area is 229 Å². The number of rotatable bonds is 7. The number of aliphatic hydroxyl groups excluding tert-OH is 1. The number of aromatic carboxylic acids is 1. The number of anilines is 1. The third-order valence-electron chi connectivity index (χ3n) is 6.92. The molecule has 1 amide bonds. The number of aliphatic hydroxyl groups is 1. The number of Topliss-reactive ketones (excluding diaryl/α,β-unsaturated/α-hetero) is 1. The SMILES string of the molecule is COc1cccc(C2/C(=C(\O)c3ccc(OC)c(C(C)C)c3)C(=O)C(=O)N2c2nc3ccc(C(=O)O)cc3[nH]2)c1. The highest BCUT2D eigenvalue weighted by Crippen LogP contribution is 2.43. The van der Waals surface area contributed by atoms with Crippen LogP contribution in [0.1, 0.15) is 52.9 Å². The van der Waals surface area contributed by atoms with Gasteiger partial charge in [0.1, 0.15) is 17.3 Å². The Morgan fingerprint density at radius 2 is 1.73 bits per heavy atom. The molecule has 40 heavy (non-hydrogen) atoms. The molecule has 3 N–H and O–H groups in total. The van der Waals surface area contributed by atoms with Crippen molar-refractivity contribution >= 4 is 40.4 Å². The van der Waals surface area contributed by atoms with Crippen LogP contribution in [-0.2, 0) is 9.59 Å². The van der Waals surface area contributed by atoms with E-state index in [1.54, 1.807) is 49.6 Å². The van der Waals surface area contributed by atoms with Gasteiger partial charge in [-0.05, 0) is 65.6 Å². The van der Waals surface area contributed by atoms with Crippen LogP contribution in [0.15, 0.2) is 66.2 Å². The first kappa shape index (κ1) is 26.5. The summed E-state index contributed by atoms with van der Waals surface area (Å²) in [4.78, 5) is 47.2. The van der Waals surface area contributed by atoms with Gasteiger partial charge in [-0.25, -0.2) is 9.78 Å². The molecule has 1 aliphatic heterocycles. The molecule has 4 aromatic rings. The number of nitrogens with zero attached hydrogens (tertiary/aromatic N) is 2. The number of benzene rings is 3. The number of imidazole rings is 1. The van der Waals surface area contributed by atoms with Gasteiger partial charge in [-0.15, -0.1) is 0 Å². The molecule has 0 radical (unpaired) electrons. The van der Waals surface area contributed by atoms with Gasteiger partial charge in [-0.3, -0.25) is 14.5 Å². The third kappa shape index (κ3) is 4.43. The average Bonchev–Trinajstić information content (AvgIpc) is 3.49. The van der Waals surface area contributed by atoms with Crippen molar-refractivity contribution in [2.75, 3.05) is 19.1 Å². The summed E-state index contributed by atoms with van der Waals surface area (Å²) in [7, 11) is 3.06. The van der Waals surface area contributed by atoms with E-state index in [0.29, 0.717) is 33.7 Å². The number of aromatic nitrogens is 2. The molecule has 10 heteroatoms. The van der Waals surface area contributed by atoms with Crippen molar-refractivity contribution in [2.24, 2.45) is 0 Å². The van der Waals surface area contributed by atoms with Crippen LogP contribution < -0.4 is 14.4 Å². The van der Waals surface area contributed by atoms with E-state index >= 15 is 0 Å². The molecule has 0 bridgehead atoms. The molecule has 3 aromatic carbocycles. The van der Waals surface area contributed by atoms with Gasteiger partial charge in [-0.1, -0.05) is 26.0 Å². The number of carboxylic acids is 1. The van der Waals surface area contributed by atoms with Crippen LogP contribution in [0.3, 0.4) is 0 Å². The Kier molecular flexibility index (Phi) is 6.76. The molecule has 1 unspecified atom stereocenters. The number of ketones is 1. The van der Waals surface area contributed by atoms with E-state index < -0.39 is 23.7 Å².